The molecule has 0 unspecified atom stereocenters. The Bertz CT molecular complexity index is 3040. The number of hydrogen-bond acceptors (Lipinski definition) is 1. The number of fused-ring (bicyclic) bond motifs is 3. The molecule has 1 heteroatoms. The molecule has 1 nitrogen and oxygen atoms in total. The highest BCUT2D eigenvalue weighted by Gasteiger charge is 2.19. The Morgan fingerprint density at radius 2 is 0.706 bits per heavy atom. The van der Waals surface area contributed by atoms with Gasteiger partial charge in [0.05, 0.1) is 0 Å². The zero-order valence-electron chi connectivity index (χ0n) is 27.7. The summed E-state index contributed by atoms with van der Waals surface area (Å²) in [6.45, 7) is 0. The van der Waals surface area contributed by atoms with Crippen LogP contribution in [-0.4, -0.2) is 0 Å². The van der Waals surface area contributed by atoms with Crippen molar-refractivity contribution in [3.63, 3.8) is 0 Å². The van der Waals surface area contributed by atoms with Crippen LogP contribution in [-0.2, 0) is 0 Å². The Kier molecular flexibility index (Phi) is 6.02. The lowest BCUT2D eigenvalue weighted by atomic mass is 9.85. The molecule has 0 saturated heterocycles. The van der Waals surface area contributed by atoms with Gasteiger partial charge in [-0.3, -0.25) is 0 Å². The molecule has 11 rings (SSSR count). The van der Waals surface area contributed by atoms with Crippen molar-refractivity contribution < 1.29 is 4.42 Å². The second-order valence-electron chi connectivity index (χ2n) is 13.6. The van der Waals surface area contributed by atoms with Gasteiger partial charge in [-0.05, 0) is 106 Å². The monoisotopic (exact) mass is 646 g/mol. The van der Waals surface area contributed by atoms with Crippen molar-refractivity contribution in [1.82, 2.24) is 0 Å². The minimum absolute atomic E-state index is 0.943. The molecule has 0 bridgehead atoms. The maximum Gasteiger partial charge on any atom is 0.136 e. The van der Waals surface area contributed by atoms with E-state index in [1.807, 2.05) is 0 Å². The first-order valence-electron chi connectivity index (χ1n) is 17.6. The summed E-state index contributed by atoms with van der Waals surface area (Å²) in [7, 11) is 0. The minimum atomic E-state index is 0.943. The molecule has 0 fully saturated rings. The van der Waals surface area contributed by atoms with E-state index >= 15 is 0 Å². The smallest absolute Gasteiger partial charge is 0.136 e. The van der Waals surface area contributed by atoms with E-state index in [9.17, 15) is 0 Å². The lowest BCUT2D eigenvalue weighted by molar-refractivity contribution is 0.669. The molecular weight excluding hydrogens is 617 g/mol. The van der Waals surface area contributed by atoms with Crippen LogP contribution in [0.15, 0.2) is 186 Å². The van der Waals surface area contributed by atoms with Gasteiger partial charge in [0.1, 0.15) is 11.2 Å². The summed E-state index contributed by atoms with van der Waals surface area (Å²) >= 11 is 0. The van der Waals surface area contributed by atoms with E-state index in [0.717, 1.165) is 11.2 Å². The van der Waals surface area contributed by atoms with E-state index in [1.54, 1.807) is 0 Å². The quantitative estimate of drug-likeness (QED) is 0.137. The molecule has 11 aromatic rings. The van der Waals surface area contributed by atoms with Crippen molar-refractivity contribution in [2.75, 3.05) is 0 Å². The maximum absolute atomic E-state index is 6.25. The van der Waals surface area contributed by atoms with Crippen LogP contribution < -0.4 is 0 Å². The van der Waals surface area contributed by atoms with Crippen LogP contribution in [0.25, 0.3) is 110 Å². The molecule has 0 amide bonds. The van der Waals surface area contributed by atoms with Gasteiger partial charge in [0, 0.05) is 10.8 Å². The van der Waals surface area contributed by atoms with Crippen molar-refractivity contribution in [1.29, 1.82) is 0 Å². The molecule has 236 valence electrons. The fourth-order valence-corrected chi connectivity index (χ4v) is 8.57. The molecule has 0 spiro atoms. The molecule has 0 aliphatic carbocycles. The zero-order valence-corrected chi connectivity index (χ0v) is 27.7. The van der Waals surface area contributed by atoms with E-state index in [2.05, 4.69) is 182 Å². The van der Waals surface area contributed by atoms with Gasteiger partial charge in [-0.2, -0.15) is 0 Å². The van der Waals surface area contributed by atoms with E-state index in [-0.39, 0.29) is 0 Å². The third-order valence-electron chi connectivity index (χ3n) is 10.8. The fourth-order valence-electron chi connectivity index (χ4n) is 8.57. The van der Waals surface area contributed by atoms with Crippen LogP contribution in [0.4, 0.5) is 0 Å². The van der Waals surface area contributed by atoms with Gasteiger partial charge in [0.25, 0.3) is 0 Å². The van der Waals surface area contributed by atoms with Gasteiger partial charge in [-0.25, -0.2) is 0 Å². The zero-order chi connectivity index (χ0) is 33.5. The summed E-state index contributed by atoms with van der Waals surface area (Å²) in [6, 6.07) is 66.4. The Morgan fingerprint density at radius 3 is 1.33 bits per heavy atom. The summed E-state index contributed by atoms with van der Waals surface area (Å²) in [4.78, 5) is 0. The Labute approximate surface area is 295 Å². The number of rotatable bonds is 4. The maximum atomic E-state index is 6.25. The molecule has 0 N–H and O–H groups in total. The van der Waals surface area contributed by atoms with Gasteiger partial charge in [-0.1, -0.05) is 164 Å². The second-order valence-corrected chi connectivity index (χ2v) is 13.6. The average Bonchev–Trinajstić information content (AvgIpc) is 3.59. The van der Waals surface area contributed by atoms with Crippen molar-refractivity contribution in [3.05, 3.63) is 182 Å². The first-order valence-corrected chi connectivity index (χ1v) is 17.6. The van der Waals surface area contributed by atoms with Crippen molar-refractivity contribution in [3.8, 4) is 44.5 Å². The van der Waals surface area contributed by atoms with Gasteiger partial charge < -0.3 is 4.42 Å². The minimum Gasteiger partial charge on any atom is -0.456 e. The lowest BCUT2D eigenvalue weighted by Crippen LogP contribution is -1.91. The number of benzene rings is 10. The van der Waals surface area contributed by atoms with Gasteiger partial charge in [-0.15, -0.1) is 0 Å². The normalized spacial score (nSPS) is 11.9. The summed E-state index contributed by atoms with van der Waals surface area (Å²) in [5, 5.41) is 12.4. The molecule has 0 radical (unpaired) electrons. The van der Waals surface area contributed by atoms with Crippen LogP contribution in [0.1, 0.15) is 0 Å². The van der Waals surface area contributed by atoms with Crippen LogP contribution in [0.2, 0.25) is 0 Å². The average molecular weight is 647 g/mol. The highest BCUT2D eigenvalue weighted by atomic mass is 16.3. The molecule has 0 saturated carbocycles. The van der Waals surface area contributed by atoms with Gasteiger partial charge in [0.15, 0.2) is 0 Å². The highest BCUT2D eigenvalue weighted by molar-refractivity contribution is 6.25. The van der Waals surface area contributed by atoms with Crippen LogP contribution in [0.5, 0.6) is 0 Å². The van der Waals surface area contributed by atoms with Crippen LogP contribution >= 0.6 is 0 Å². The summed E-state index contributed by atoms with van der Waals surface area (Å²) in [5.74, 6) is 0. The van der Waals surface area contributed by atoms with Gasteiger partial charge >= 0.3 is 0 Å². The molecule has 0 atom stereocenters. The first-order chi connectivity index (χ1) is 25.3. The molecule has 1 aromatic heterocycles. The third-order valence-corrected chi connectivity index (χ3v) is 10.8. The van der Waals surface area contributed by atoms with E-state index in [1.165, 1.54) is 98.4 Å². The molecule has 51 heavy (non-hydrogen) atoms. The van der Waals surface area contributed by atoms with Crippen LogP contribution in [0, 0.1) is 0 Å². The Balaban J connectivity index is 1.06. The van der Waals surface area contributed by atoms with Crippen LogP contribution in [0.3, 0.4) is 0 Å². The largest absolute Gasteiger partial charge is 0.456 e. The topological polar surface area (TPSA) is 13.1 Å². The predicted molar refractivity (Wildman–Crippen MR) is 217 cm³/mol. The third kappa shape index (κ3) is 4.22. The molecular formula is C50H30O. The van der Waals surface area contributed by atoms with E-state index < -0.39 is 0 Å². The summed E-state index contributed by atoms with van der Waals surface area (Å²) < 4.78 is 6.25. The van der Waals surface area contributed by atoms with E-state index in [0.29, 0.717) is 0 Å². The number of furan rings is 1. The highest BCUT2D eigenvalue weighted by Crippen LogP contribution is 2.46. The second kappa shape index (κ2) is 10.9. The van der Waals surface area contributed by atoms with Gasteiger partial charge in [0.2, 0.25) is 0 Å². The lowest BCUT2D eigenvalue weighted by Gasteiger charge is -2.18. The number of hydrogen-bond donors (Lipinski definition) is 0. The molecule has 0 aliphatic rings. The standard InChI is InChI=1S/C50H30O/c1-2-13-37-31(10-1)11-7-18-38(37)32-22-26-34(27-23-32)47-39-14-3-5-16-41(39)48(42-17-6-4-15-40(42)47)35-28-24-33(25-29-35)44-30-36-12-8-20-45-49(36)50-43(44)19-9-21-46(50)51-45/h1-30H. The SMILES string of the molecule is c1ccc2c(-c3ccc(-c4c5ccccc5c(-c5ccc(-c6cc7cccc8oc9cccc6c9c78)cc5)c5ccccc45)cc3)cccc2c1. The van der Waals surface area contributed by atoms with E-state index in [4.69, 9.17) is 4.42 Å². The molecule has 0 aliphatic heterocycles. The van der Waals surface area contributed by atoms with Crippen molar-refractivity contribution in [2.24, 2.45) is 0 Å². The predicted octanol–water partition coefficient (Wildman–Crippen LogP) is 14.3. The van der Waals surface area contributed by atoms with Crippen molar-refractivity contribution in [2.45, 2.75) is 0 Å². The Hall–Kier alpha value is -6.70. The fraction of sp³-hybridized carbons (Fsp3) is 0. The molecule has 10 aromatic carbocycles. The summed E-state index contributed by atoms with van der Waals surface area (Å²) in [5.41, 5.74) is 11.8. The van der Waals surface area contributed by atoms with Crippen molar-refractivity contribution >= 4 is 65.0 Å². The molecule has 1 heterocycles. The Morgan fingerprint density at radius 1 is 0.275 bits per heavy atom. The first kappa shape index (κ1) is 28.2. The summed E-state index contributed by atoms with van der Waals surface area (Å²) in [6.07, 6.45) is 0.